The Bertz CT molecular complexity index is 1040. The highest BCUT2D eigenvalue weighted by atomic mass is 16.7. The molecule has 0 amide bonds. The van der Waals surface area contributed by atoms with Crippen LogP contribution in [0.5, 0.6) is 0 Å². The highest BCUT2D eigenvalue weighted by molar-refractivity contribution is 5.70. The van der Waals surface area contributed by atoms with Gasteiger partial charge in [0.15, 0.2) is 0 Å². The number of likely N-dealkylation sites (N-methyl/N-ethyl adjacent to an activating group) is 2. The molecule has 4 fully saturated rings. The minimum atomic E-state index is -0.753. The molecule has 298 valence electrons. The second-order valence-corrected chi connectivity index (χ2v) is 16.7. The molecule has 0 radical (unpaired) electrons. The smallest absolute Gasteiger partial charge is 0.465 e. The SMILES string of the molecule is CCCCC/C=C\C/C=C\CCCCCCCC(=O)OCC(COC(=O)CC12CC3CC(CC(C3)C1)C2)COC(=O)OCCCN(C)CCN(C)C. The van der Waals surface area contributed by atoms with E-state index in [1.54, 1.807) is 0 Å². The Morgan fingerprint density at radius 3 is 1.87 bits per heavy atom. The lowest BCUT2D eigenvalue weighted by Crippen LogP contribution is -2.47. The third-order valence-electron chi connectivity index (χ3n) is 11.2. The average molecular weight is 731 g/mol. The second kappa shape index (κ2) is 25.6. The summed E-state index contributed by atoms with van der Waals surface area (Å²) >= 11 is 0. The van der Waals surface area contributed by atoms with Gasteiger partial charge in [-0.2, -0.15) is 0 Å². The van der Waals surface area contributed by atoms with Gasteiger partial charge in [0, 0.05) is 26.1 Å². The van der Waals surface area contributed by atoms with E-state index < -0.39 is 12.1 Å². The van der Waals surface area contributed by atoms with E-state index in [0.717, 1.165) is 95.2 Å². The number of rotatable bonds is 29. The van der Waals surface area contributed by atoms with Crippen molar-refractivity contribution in [2.24, 2.45) is 29.1 Å². The summed E-state index contributed by atoms with van der Waals surface area (Å²) in [6.45, 7) is 5.26. The normalized spacial score (nSPS) is 22.8. The number of allylic oxidation sites excluding steroid dienone is 4. The molecule has 0 aromatic rings. The van der Waals surface area contributed by atoms with Crippen molar-refractivity contribution in [3.63, 3.8) is 0 Å². The molecule has 0 saturated heterocycles. The van der Waals surface area contributed by atoms with Crippen LogP contribution in [0.25, 0.3) is 0 Å². The van der Waals surface area contributed by atoms with Gasteiger partial charge in [0.25, 0.3) is 0 Å². The van der Waals surface area contributed by atoms with E-state index in [4.69, 9.17) is 18.9 Å². The zero-order chi connectivity index (χ0) is 37.4. The van der Waals surface area contributed by atoms with E-state index in [0.29, 0.717) is 19.3 Å². The van der Waals surface area contributed by atoms with E-state index in [-0.39, 0.29) is 43.8 Å². The third kappa shape index (κ3) is 19.1. The molecule has 4 aliphatic rings. The summed E-state index contributed by atoms with van der Waals surface area (Å²) in [6.07, 6.45) is 29.7. The summed E-state index contributed by atoms with van der Waals surface area (Å²) in [7, 11) is 6.14. The van der Waals surface area contributed by atoms with Crippen molar-refractivity contribution in [1.29, 1.82) is 0 Å². The number of hydrogen-bond acceptors (Lipinski definition) is 9. The van der Waals surface area contributed by atoms with Gasteiger partial charge in [0.1, 0.15) is 19.8 Å². The van der Waals surface area contributed by atoms with Gasteiger partial charge in [0.05, 0.1) is 18.9 Å². The molecule has 4 aliphatic carbocycles. The van der Waals surface area contributed by atoms with E-state index >= 15 is 0 Å². The molecule has 0 heterocycles. The zero-order valence-corrected chi connectivity index (χ0v) is 33.5. The fraction of sp³-hybridized carbons (Fsp3) is 0.837. The molecule has 4 saturated carbocycles. The molecule has 9 heteroatoms. The van der Waals surface area contributed by atoms with E-state index in [1.807, 2.05) is 21.1 Å². The molecule has 52 heavy (non-hydrogen) atoms. The molecule has 0 N–H and O–H groups in total. The standard InChI is InChI=1S/C43H74N2O7/c1-5-6-7-8-9-10-11-12-13-14-15-16-17-18-19-21-40(46)50-33-39(35-52-42(48)49-25-20-22-45(4)24-23-44(2)3)34-51-41(47)32-43-29-36-26-37(30-43)28-38(27-36)31-43/h9-10,12-13,36-39H,5-8,11,14-35H2,1-4H3/b10-9-,13-12-. The van der Waals surface area contributed by atoms with Crippen molar-refractivity contribution in [1.82, 2.24) is 9.80 Å². The molecular formula is C43H74N2O7. The molecular weight excluding hydrogens is 656 g/mol. The highest BCUT2D eigenvalue weighted by Crippen LogP contribution is 2.61. The largest absolute Gasteiger partial charge is 0.508 e. The monoisotopic (exact) mass is 731 g/mol. The maximum Gasteiger partial charge on any atom is 0.508 e. The second-order valence-electron chi connectivity index (χ2n) is 16.7. The summed E-state index contributed by atoms with van der Waals surface area (Å²) in [6, 6.07) is 0. The fourth-order valence-electron chi connectivity index (χ4n) is 8.78. The van der Waals surface area contributed by atoms with E-state index in [2.05, 4.69) is 41.0 Å². The van der Waals surface area contributed by atoms with Crippen LogP contribution >= 0.6 is 0 Å². The van der Waals surface area contributed by atoms with Crippen molar-refractivity contribution in [3.8, 4) is 0 Å². The van der Waals surface area contributed by atoms with Gasteiger partial charge in [0.2, 0.25) is 0 Å². The van der Waals surface area contributed by atoms with Crippen molar-refractivity contribution in [2.75, 3.05) is 67.2 Å². The van der Waals surface area contributed by atoms with Gasteiger partial charge in [-0.3, -0.25) is 9.59 Å². The minimum Gasteiger partial charge on any atom is -0.465 e. The minimum absolute atomic E-state index is 0.0354. The fourth-order valence-corrected chi connectivity index (χ4v) is 8.78. The van der Waals surface area contributed by atoms with Crippen LogP contribution in [0.15, 0.2) is 24.3 Å². The van der Waals surface area contributed by atoms with Gasteiger partial charge in [-0.15, -0.1) is 0 Å². The summed E-state index contributed by atoms with van der Waals surface area (Å²) in [4.78, 5) is 42.4. The van der Waals surface area contributed by atoms with Crippen molar-refractivity contribution in [2.45, 2.75) is 135 Å². The first-order valence-corrected chi connectivity index (χ1v) is 20.9. The van der Waals surface area contributed by atoms with Crippen molar-refractivity contribution < 1.29 is 33.3 Å². The Morgan fingerprint density at radius 1 is 0.654 bits per heavy atom. The van der Waals surface area contributed by atoms with Gasteiger partial charge in [-0.1, -0.05) is 63.3 Å². The molecule has 1 unspecified atom stereocenters. The Labute approximate surface area is 316 Å². The number of unbranched alkanes of at least 4 members (excludes halogenated alkanes) is 8. The molecule has 0 aromatic carbocycles. The maximum atomic E-state index is 13.1. The molecule has 0 aliphatic heterocycles. The maximum absolute atomic E-state index is 13.1. The lowest BCUT2D eigenvalue weighted by molar-refractivity contribution is -0.155. The third-order valence-corrected chi connectivity index (χ3v) is 11.2. The number of carbonyl (C=O) groups excluding carboxylic acids is 3. The van der Waals surface area contributed by atoms with Crippen LogP contribution in [-0.4, -0.2) is 95.1 Å². The summed E-state index contributed by atoms with van der Waals surface area (Å²) < 4.78 is 22.1. The summed E-state index contributed by atoms with van der Waals surface area (Å²) in [5.41, 5.74) is 0.0934. The Morgan fingerprint density at radius 2 is 1.23 bits per heavy atom. The zero-order valence-electron chi connectivity index (χ0n) is 33.5. The first-order chi connectivity index (χ1) is 25.2. The molecule has 4 rings (SSSR count). The topological polar surface area (TPSA) is 94.6 Å². The van der Waals surface area contributed by atoms with Crippen LogP contribution in [0.2, 0.25) is 0 Å². The first kappa shape index (κ1) is 44.0. The predicted molar refractivity (Wildman–Crippen MR) is 208 cm³/mol. The van der Waals surface area contributed by atoms with Gasteiger partial charge in [-0.25, -0.2) is 4.79 Å². The number of esters is 2. The molecule has 1 atom stereocenters. The highest BCUT2D eigenvalue weighted by Gasteiger charge is 2.51. The van der Waals surface area contributed by atoms with Crippen molar-refractivity contribution in [3.05, 3.63) is 24.3 Å². The predicted octanol–water partition coefficient (Wildman–Crippen LogP) is 9.15. The summed E-state index contributed by atoms with van der Waals surface area (Å²) in [5.74, 6) is 1.40. The molecule has 0 spiro atoms. The lowest BCUT2D eigenvalue weighted by atomic mass is 9.49. The van der Waals surface area contributed by atoms with Gasteiger partial charge >= 0.3 is 18.1 Å². The number of nitrogens with zero attached hydrogens (tertiary/aromatic N) is 2. The Hall–Kier alpha value is -2.39. The lowest BCUT2D eigenvalue weighted by Gasteiger charge is -2.56. The number of carbonyl (C=O) groups is 3. The molecule has 4 bridgehead atoms. The Balaban J connectivity index is 1.32. The quantitative estimate of drug-likeness (QED) is 0.0323. The Kier molecular flexibility index (Phi) is 21.7. The average Bonchev–Trinajstić information content (AvgIpc) is 3.09. The summed E-state index contributed by atoms with van der Waals surface area (Å²) in [5, 5.41) is 0. The molecule has 9 nitrogen and oxygen atoms in total. The molecule has 0 aromatic heterocycles. The van der Waals surface area contributed by atoms with Crippen LogP contribution in [-0.2, 0) is 28.5 Å². The van der Waals surface area contributed by atoms with Crippen LogP contribution in [0.4, 0.5) is 4.79 Å². The number of ether oxygens (including phenoxy) is 4. The van der Waals surface area contributed by atoms with Crippen LogP contribution in [0.3, 0.4) is 0 Å². The number of hydrogen-bond donors (Lipinski definition) is 0. The van der Waals surface area contributed by atoms with Crippen LogP contribution in [0.1, 0.15) is 135 Å². The van der Waals surface area contributed by atoms with Crippen molar-refractivity contribution >= 4 is 18.1 Å². The van der Waals surface area contributed by atoms with Gasteiger partial charge in [-0.05, 0) is 128 Å². The van der Waals surface area contributed by atoms with Crippen LogP contribution in [0, 0.1) is 29.1 Å². The first-order valence-electron chi connectivity index (χ1n) is 20.9. The van der Waals surface area contributed by atoms with Gasteiger partial charge < -0.3 is 28.7 Å². The van der Waals surface area contributed by atoms with E-state index in [9.17, 15) is 14.4 Å². The van der Waals surface area contributed by atoms with E-state index in [1.165, 1.54) is 51.4 Å². The van der Waals surface area contributed by atoms with Crippen LogP contribution < -0.4 is 0 Å².